The first kappa shape index (κ1) is 22.3. The highest BCUT2D eigenvalue weighted by Gasteiger charge is 2.24. The third-order valence-electron chi connectivity index (χ3n) is 4.92. The summed E-state index contributed by atoms with van der Waals surface area (Å²) in [5.41, 5.74) is 8.67. The van der Waals surface area contributed by atoms with Crippen molar-refractivity contribution in [2.75, 3.05) is 18.4 Å². The molecular formula is C21H21N7O4S. The van der Waals surface area contributed by atoms with Gasteiger partial charge in [0, 0.05) is 37.5 Å². The fourth-order valence-corrected chi connectivity index (χ4v) is 4.53. The number of anilines is 1. The quantitative estimate of drug-likeness (QED) is 0.192. The molecule has 33 heavy (non-hydrogen) atoms. The number of hydrogen-bond donors (Lipinski definition) is 3. The van der Waals surface area contributed by atoms with Crippen LogP contribution in [0.2, 0.25) is 0 Å². The van der Waals surface area contributed by atoms with E-state index in [4.69, 9.17) is 5.73 Å². The summed E-state index contributed by atoms with van der Waals surface area (Å²) in [6.07, 6.45) is 3.47. The molecule has 0 bridgehead atoms. The van der Waals surface area contributed by atoms with E-state index in [1.165, 1.54) is 18.2 Å². The lowest BCUT2D eigenvalue weighted by Crippen LogP contribution is -2.29. The SMILES string of the molecule is NCc1cccc(-c2cnn3ccc(NCCNS(=O)(=O)c4ccccc4[N+](=O)[O-])nc23)c1. The van der Waals surface area contributed by atoms with Gasteiger partial charge in [-0.05, 0) is 29.3 Å². The minimum absolute atomic E-state index is 0.00586. The number of benzene rings is 2. The van der Waals surface area contributed by atoms with Crippen LogP contribution >= 0.6 is 0 Å². The van der Waals surface area contributed by atoms with Crippen LogP contribution in [0.1, 0.15) is 5.56 Å². The van der Waals surface area contributed by atoms with Crippen molar-refractivity contribution in [3.63, 3.8) is 0 Å². The second-order valence-corrected chi connectivity index (χ2v) is 8.83. The Kier molecular flexibility index (Phi) is 6.31. The number of sulfonamides is 1. The maximum absolute atomic E-state index is 12.5. The molecule has 0 saturated carbocycles. The van der Waals surface area contributed by atoms with Gasteiger partial charge in [-0.1, -0.05) is 30.3 Å². The molecule has 4 N–H and O–H groups in total. The molecule has 4 rings (SSSR count). The molecule has 0 aliphatic heterocycles. The van der Waals surface area contributed by atoms with E-state index >= 15 is 0 Å². The van der Waals surface area contributed by atoms with Crippen molar-refractivity contribution in [2.45, 2.75) is 11.4 Å². The summed E-state index contributed by atoms with van der Waals surface area (Å²) in [7, 11) is -4.04. The average Bonchev–Trinajstić information content (AvgIpc) is 3.25. The molecule has 12 heteroatoms. The van der Waals surface area contributed by atoms with E-state index in [9.17, 15) is 18.5 Å². The molecule has 0 unspecified atom stereocenters. The highest BCUT2D eigenvalue weighted by molar-refractivity contribution is 7.89. The molecule has 0 spiro atoms. The number of hydrogen-bond acceptors (Lipinski definition) is 8. The maximum Gasteiger partial charge on any atom is 0.289 e. The van der Waals surface area contributed by atoms with Crippen LogP contribution in [-0.2, 0) is 16.6 Å². The number of nitrogens with zero attached hydrogens (tertiary/aromatic N) is 4. The van der Waals surface area contributed by atoms with Gasteiger partial charge in [0.15, 0.2) is 10.5 Å². The van der Waals surface area contributed by atoms with Crippen LogP contribution in [0.25, 0.3) is 16.8 Å². The molecule has 0 aliphatic carbocycles. The zero-order chi connectivity index (χ0) is 23.4. The van der Waals surface area contributed by atoms with Gasteiger partial charge in [0.05, 0.1) is 11.1 Å². The number of nitrogens with one attached hydrogen (secondary N) is 2. The average molecular weight is 468 g/mol. The standard InChI is InChI=1S/C21H21N7O4S/c22-13-15-4-3-5-16(12-15)17-14-24-27-11-8-20(26-21(17)27)23-9-10-25-33(31,32)19-7-2-1-6-18(19)28(29)30/h1-8,11-12,14,25H,9-10,13,22H2,(H,23,26). The summed E-state index contributed by atoms with van der Waals surface area (Å²) in [6, 6.07) is 14.7. The van der Waals surface area contributed by atoms with E-state index in [1.54, 1.807) is 23.0 Å². The van der Waals surface area contributed by atoms with Crippen molar-refractivity contribution >= 4 is 27.2 Å². The van der Waals surface area contributed by atoms with Gasteiger partial charge in [0.1, 0.15) is 5.82 Å². The fourth-order valence-electron chi connectivity index (χ4n) is 3.33. The van der Waals surface area contributed by atoms with Crippen LogP contribution in [0.5, 0.6) is 0 Å². The highest BCUT2D eigenvalue weighted by Crippen LogP contribution is 2.25. The number of nitro benzene ring substituents is 1. The van der Waals surface area contributed by atoms with E-state index in [1.807, 2.05) is 24.3 Å². The normalized spacial score (nSPS) is 11.5. The zero-order valence-electron chi connectivity index (χ0n) is 17.4. The predicted molar refractivity (Wildman–Crippen MR) is 123 cm³/mol. The molecule has 4 aromatic rings. The van der Waals surface area contributed by atoms with Gasteiger partial charge >= 0.3 is 0 Å². The first-order chi connectivity index (χ1) is 15.9. The largest absolute Gasteiger partial charge is 0.369 e. The molecule has 0 radical (unpaired) electrons. The van der Waals surface area contributed by atoms with E-state index in [0.29, 0.717) is 18.0 Å². The Morgan fingerprint density at radius 3 is 2.70 bits per heavy atom. The van der Waals surface area contributed by atoms with E-state index in [-0.39, 0.29) is 18.0 Å². The fraction of sp³-hybridized carbons (Fsp3) is 0.143. The lowest BCUT2D eigenvalue weighted by molar-refractivity contribution is -0.387. The van der Waals surface area contributed by atoms with E-state index < -0.39 is 20.6 Å². The van der Waals surface area contributed by atoms with Crippen LogP contribution in [-0.4, -0.2) is 41.0 Å². The molecule has 0 aliphatic rings. The van der Waals surface area contributed by atoms with Crippen LogP contribution in [0.15, 0.2) is 71.9 Å². The Morgan fingerprint density at radius 1 is 1.09 bits per heavy atom. The summed E-state index contributed by atoms with van der Waals surface area (Å²) in [4.78, 5) is 14.6. The van der Waals surface area contributed by atoms with Crippen molar-refractivity contribution in [3.05, 3.63) is 82.7 Å². The minimum atomic E-state index is -4.04. The molecule has 0 fully saturated rings. The third kappa shape index (κ3) is 4.82. The summed E-state index contributed by atoms with van der Waals surface area (Å²) in [5.74, 6) is 0.532. The first-order valence-electron chi connectivity index (χ1n) is 10.00. The minimum Gasteiger partial charge on any atom is -0.369 e. The smallest absolute Gasteiger partial charge is 0.289 e. The van der Waals surface area contributed by atoms with Gasteiger partial charge in [-0.3, -0.25) is 10.1 Å². The number of fused-ring (bicyclic) bond motifs is 1. The van der Waals surface area contributed by atoms with E-state index in [2.05, 4.69) is 20.1 Å². The van der Waals surface area contributed by atoms with Gasteiger partial charge in [-0.15, -0.1) is 0 Å². The number of para-hydroxylation sites is 1. The number of rotatable bonds is 9. The van der Waals surface area contributed by atoms with Crippen molar-refractivity contribution in [2.24, 2.45) is 5.73 Å². The Hall–Kier alpha value is -3.87. The van der Waals surface area contributed by atoms with Gasteiger partial charge in [0.2, 0.25) is 10.0 Å². The predicted octanol–water partition coefficient (Wildman–Crippen LogP) is 2.15. The topological polar surface area (TPSA) is 158 Å². The number of aromatic nitrogens is 3. The Balaban J connectivity index is 1.45. The van der Waals surface area contributed by atoms with Crippen molar-refractivity contribution in [1.82, 2.24) is 19.3 Å². The van der Waals surface area contributed by atoms with Crippen molar-refractivity contribution in [3.8, 4) is 11.1 Å². The molecule has 0 amide bonds. The molecule has 2 aromatic carbocycles. The van der Waals surface area contributed by atoms with Gasteiger partial charge in [-0.2, -0.15) is 5.10 Å². The monoisotopic (exact) mass is 467 g/mol. The van der Waals surface area contributed by atoms with Gasteiger partial charge < -0.3 is 11.1 Å². The summed E-state index contributed by atoms with van der Waals surface area (Å²) < 4.78 is 29.0. The second kappa shape index (κ2) is 9.32. The first-order valence-corrected chi connectivity index (χ1v) is 11.5. The Bertz CT molecular complexity index is 1420. The van der Waals surface area contributed by atoms with Crippen LogP contribution in [0, 0.1) is 10.1 Å². The Labute approximate surface area is 189 Å². The lowest BCUT2D eigenvalue weighted by Gasteiger charge is -2.09. The molecule has 2 aromatic heterocycles. The molecule has 0 saturated heterocycles. The zero-order valence-corrected chi connectivity index (χ0v) is 18.2. The van der Waals surface area contributed by atoms with Gasteiger partial charge in [0.25, 0.3) is 5.69 Å². The highest BCUT2D eigenvalue weighted by atomic mass is 32.2. The molecular weight excluding hydrogens is 446 g/mol. The number of nitrogens with two attached hydrogens (primary N) is 1. The summed E-state index contributed by atoms with van der Waals surface area (Å²) >= 11 is 0. The third-order valence-corrected chi connectivity index (χ3v) is 6.43. The number of nitro groups is 1. The summed E-state index contributed by atoms with van der Waals surface area (Å²) in [5, 5.41) is 18.5. The molecule has 2 heterocycles. The van der Waals surface area contributed by atoms with Crippen molar-refractivity contribution in [1.29, 1.82) is 0 Å². The van der Waals surface area contributed by atoms with Crippen LogP contribution in [0.4, 0.5) is 11.5 Å². The van der Waals surface area contributed by atoms with Crippen LogP contribution in [0.3, 0.4) is 0 Å². The molecule has 170 valence electrons. The second-order valence-electron chi connectivity index (χ2n) is 7.09. The molecule has 0 atom stereocenters. The molecule has 11 nitrogen and oxygen atoms in total. The van der Waals surface area contributed by atoms with E-state index in [0.717, 1.165) is 22.8 Å². The maximum atomic E-state index is 12.5. The lowest BCUT2D eigenvalue weighted by atomic mass is 10.1. The van der Waals surface area contributed by atoms with Crippen LogP contribution < -0.4 is 15.8 Å². The summed E-state index contributed by atoms with van der Waals surface area (Å²) in [6.45, 7) is 0.649. The van der Waals surface area contributed by atoms with Gasteiger partial charge in [-0.25, -0.2) is 22.6 Å². The Morgan fingerprint density at radius 2 is 1.91 bits per heavy atom. The van der Waals surface area contributed by atoms with Crippen molar-refractivity contribution < 1.29 is 13.3 Å².